The number of aryl methyl sites for hydroxylation is 2. The van der Waals surface area contributed by atoms with Gasteiger partial charge in [-0.25, -0.2) is 0 Å². The molecule has 2 heterocycles. The van der Waals surface area contributed by atoms with Gasteiger partial charge in [0.2, 0.25) is 0 Å². The summed E-state index contributed by atoms with van der Waals surface area (Å²) >= 11 is 1.55. The number of hydrogen-bond donors (Lipinski definition) is 0. The fraction of sp³-hybridized carbons (Fsp3) is 0.600. The summed E-state index contributed by atoms with van der Waals surface area (Å²) in [6, 6.07) is 0. The van der Waals surface area contributed by atoms with E-state index in [0.29, 0.717) is 10.2 Å². The molecule has 0 unspecified atom stereocenters. The maximum absolute atomic E-state index is 12.6. The van der Waals surface area contributed by atoms with Crippen molar-refractivity contribution < 1.29 is 9.53 Å². The number of thiophene rings is 1. The van der Waals surface area contributed by atoms with E-state index < -0.39 is 5.97 Å². The second-order valence-corrected chi connectivity index (χ2v) is 6.74. The van der Waals surface area contributed by atoms with Crippen molar-refractivity contribution in [1.29, 1.82) is 0 Å². The first-order chi connectivity index (χ1) is 10.6. The third-order valence-electron chi connectivity index (χ3n) is 4.03. The smallest absolute Gasteiger partial charge is 0.328 e. The lowest BCUT2D eigenvalue weighted by Gasteiger charge is -2.11. The molecule has 0 amide bonds. The zero-order valence-corrected chi connectivity index (χ0v) is 13.6. The number of esters is 1. The molecule has 7 heteroatoms. The lowest BCUT2D eigenvalue weighted by atomic mass is 9.97. The summed E-state index contributed by atoms with van der Waals surface area (Å²) in [7, 11) is 0. The van der Waals surface area contributed by atoms with Gasteiger partial charge in [0, 0.05) is 4.88 Å². The first-order valence-electron chi connectivity index (χ1n) is 7.67. The fourth-order valence-corrected chi connectivity index (χ4v) is 3.87. The molecule has 1 aliphatic rings. The molecule has 0 aromatic carbocycles. The Morgan fingerprint density at radius 2 is 2.18 bits per heavy atom. The molecule has 0 fully saturated rings. The predicted octanol–water partition coefficient (Wildman–Crippen LogP) is 2.07. The normalized spacial score (nSPS) is 15.5. The Kier molecular flexibility index (Phi) is 4.24. The Hall–Kier alpha value is -1.76. The van der Waals surface area contributed by atoms with E-state index in [2.05, 4.69) is 10.3 Å². The molecule has 0 bridgehead atoms. The molecule has 118 valence electrons. The fourth-order valence-electron chi connectivity index (χ4n) is 2.68. The van der Waals surface area contributed by atoms with E-state index in [-0.39, 0.29) is 18.2 Å². The van der Waals surface area contributed by atoms with Crippen LogP contribution in [0.15, 0.2) is 4.79 Å². The van der Waals surface area contributed by atoms with Crippen molar-refractivity contribution >= 4 is 27.5 Å². The number of fused-ring (bicyclic) bond motifs is 3. The highest BCUT2D eigenvalue weighted by Gasteiger charge is 2.21. The van der Waals surface area contributed by atoms with Gasteiger partial charge in [-0.2, -0.15) is 4.68 Å². The van der Waals surface area contributed by atoms with Crippen LogP contribution in [0.2, 0.25) is 0 Å². The third kappa shape index (κ3) is 2.77. The molecular formula is C15H19N3O3S. The number of aromatic nitrogens is 3. The average Bonchev–Trinajstić information content (AvgIpc) is 2.89. The van der Waals surface area contributed by atoms with E-state index >= 15 is 0 Å². The molecule has 0 aliphatic heterocycles. The van der Waals surface area contributed by atoms with Crippen molar-refractivity contribution in [2.75, 3.05) is 0 Å². The van der Waals surface area contributed by atoms with Crippen molar-refractivity contribution in [2.24, 2.45) is 0 Å². The van der Waals surface area contributed by atoms with Crippen LogP contribution < -0.4 is 5.56 Å². The Labute approximate surface area is 132 Å². The van der Waals surface area contributed by atoms with Gasteiger partial charge < -0.3 is 4.74 Å². The molecule has 1 atom stereocenters. The largest absolute Gasteiger partial charge is 0.461 e. The average molecular weight is 321 g/mol. The van der Waals surface area contributed by atoms with E-state index in [1.807, 2.05) is 13.8 Å². The Morgan fingerprint density at radius 3 is 2.95 bits per heavy atom. The maximum Gasteiger partial charge on any atom is 0.328 e. The van der Waals surface area contributed by atoms with Crippen LogP contribution in [0.4, 0.5) is 0 Å². The van der Waals surface area contributed by atoms with Crippen molar-refractivity contribution in [1.82, 2.24) is 15.0 Å². The second kappa shape index (κ2) is 6.16. The summed E-state index contributed by atoms with van der Waals surface area (Å²) in [5.41, 5.74) is 0.876. The second-order valence-electron chi connectivity index (χ2n) is 5.65. The van der Waals surface area contributed by atoms with E-state index in [4.69, 9.17) is 4.74 Å². The summed E-state index contributed by atoms with van der Waals surface area (Å²) in [5.74, 6) is -0.450. The van der Waals surface area contributed by atoms with Gasteiger partial charge in [-0.05, 0) is 44.6 Å². The molecule has 2 aromatic rings. The molecular weight excluding hydrogens is 302 g/mol. The van der Waals surface area contributed by atoms with Crippen LogP contribution in [0.25, 0.3) is 10.2 Å². The van der Waals surface area contributed by atoms with Gasteiger partial charge in [0.25, 0.3) is 5.56 Å². The van der Waals surface area contributed by atoms with Gasteiger partial charge in [-0.15, -0.1) is 16.4 Å². The molecule has 22 heavy (non-hydrogen) atoms. The van der Waals surface area contributed by atoms with E-state index in [0.717, 1.165) is 42.3 Å². The zero-order chi connectivity index (χ0) is 15.7. The summed E-state index contributed by atoms with van der Waals surface area (Å²) in [6.45, 7) is 3.58. The molecule has 2 aromatic heterocycles. The quantitative estimate of drug-likeness (QED) is 0.806. The monoisotopic (exact) mass is 321 g/mol. The summed E-state index contributed by atoms with van der Waals surface area (Å²) in [6.07, 6.45) is 4.75. The molecule has 0 spiro atoms. The number of ether oxygens (including phenoxy) is 1. The lowest BCUT2D eigenvalue weighted by Crippen LogP contribution is -2.30. The molecule has 1 aliphatic carbocycles. The molecule has 0 N–H and O–H groups in total. The molecule has 0 radical (unpaired) electrons. The van der Waals surface area contributed by atoms with Gasteiger partial charge in [0.1, 0.15) is 6.54 Å². The standard InChI is InChI=1S/C15H19N3O3S/c1-3-9(2)21-12(19)8-18-15(20)13-10-6-4-5-7-11(10)22-14(13)16-17-18/h9H,3-8H2,1-2H3/t9-/m0/s1. The SMILES string of the molecule is CC[C@H](C)OC(=O)Cn1nnc2sc3c(c2c1=O)CCCC3. The predicted molar refractivity (Wildman–Crippen MR) is 84.2 cm³/mol. The zero-order valence-electron chi connectivity index (χ0n) is 12.8. The number of hydrogen-bond acceptors (Lipinski definition) is 6. The number of carbonyl (C=O) groups is 1. The Bertz CT molecular complexity index is 765. The van der Waals surface area contributed by atoms with Gasteiger partial charge >= 0.3 is 5.97 Å². The summed E-state index contributed by atoms with van der Waals surface area (Å²) in [5, 5.41) is 8.65. The van der Waals surface area contributed by atoms with Gasteiger partial charge in [-0.3, -0.25) is 9.59 Å². The number of nitrogens with zero attached hydrogens (tertiary/aromatic N) is 3. The van der Waals surface area contributed by atoms with Gasteiger partial charge in [0.05, 0.1) is 11.5 Å². The highest BCUT2D eigenvalue weighted by Crippen LogP contribution is 2.33. The Morgan fingerprint density at radius 1 is 1.41 bits per heavy atom. The van der Waals surface area contributed by atoms with E-state index in [1.54, 1.807) is 11.3 Å². The van der Waals surface area contributed by atoms with Crippen LogP contribution in [0.5, 0.6) is 0 Å². The molecule has 6 nitrogen and oxygen atoms in total. The van der Waals surface area contributed by atoms with Crippen LogP contribution in [-0.2, 0) is 28.9 Å². The minimum atomic E-state index is -0.450. The van der Waals surface area contributed by atoms with Crippen LogP contribution in [0.3, 0.4) is 0 Å². The first kappa shape index (κ1) is 15.1. The van der Waals surface area contributed by atoms with E-state index in [9.17, 15) is 9.59 Å². The van der Waals surface area contributed by atoms with Crippen LogP contribution >= 0.6 is 11.3 Å². The topological polar surface area (TPSA) is 74.1 Å². The van der Waals surface area contributed by atoms with Gasteiger partial charge in [0.15, 0.2) is 4.83 Å². The van der Waals surface area contributed by atoms with Crippen molar-refractivity contribution in [3.63, 3.8) is 0 Å². The minimum absolute atomic E-state index is 0.159. The van der Waals surface area contributed by atoms with E-state index in [1.165, 1.54) is 4.88 Å². The maximum atomic E-state index is 12.6. The minimum Gasteiger partial charge on any atom is -0.461 e. The highest BCUT2D eigenvalue weighted by molar-refractivity contribution is 7.18. The van der Waals surface area contributed by atoms with Crippen molar-refractivity contribution in [3.8, 4) is 0 Å². The van der Waals surface area contributed by atoms with Gasteiger partial charge in [-0.1, -0.05) is 12.1 Å². The highest BCUT2D eigenvalue weighted by atomic mass is 32.1. The number of carbonyl (C=O) groups excluding carboxylic acids is 1. The molecule has 0 saturated heterocycles. The molecule has 0 saturated carbocycles. The van der Waals surface area contributed by atoms with Crippen molar-refractivity contribution in [2.45, 2.75) is 58.6 Å². The van der Waals surface area contributed by atoms with Crippen molar-refractivity contribution in [3.05, 3.63) is 20.8 Å². The van der Waals surface area contributed by atoms with Crippen LogP contribution in [0, 0.1) is 0 Å². The lowest BCUT2D eigenvalue weighted by molar-refractivity contribution is -0.149. The Balaban J connectivity index is 1.93. The summed E-state index contributed by atoms with van der Waals surface area (Å²) < 4.78 is 6.32. The molecule has 3 rings (SSSR count). The van der Waals surface area contributed by atoms with Crippen LogP contribution in [-0.4, -0.2) is 27.1 Å². The number of rotatable bonds is 4. The van der Waals surface area contributed by atoms with Crippen LogP contribution in [0.1, 0.15) is 43.6 Å². The third-order valence-corrected chi connectivity index (χ3v) is 5.21. The summed E-state index contributed by atoms with van der Waals surface area (Å²) in [4.78, 5) is 26.4. The first-order valence-corrected chi connectivity index (χ1v) is 8.49.